The second-order valence-corrected chi connectivity index (χ2v) is 7.67. The van der Waals surface area contributed by atoms with Gasteiger partial charge in [-0.1, -0.05) is 55.8 Å². The summed E-state index contributed by atoms with van der Waals surface area (Å²) in [5.41, 5.74) is 6.82. The minimum Gasteiger partial charge on any atom is -0.483 e. The van der Waals surface area contributed by atoms with E-state index in [-0.39, 0.29) is 12.5 Å². The molecule has 2 aromatic carbocycles. The van der Waals surface area contributed by atoms with Gasteiger partial charge in [0.25, 0.3) is 5.91 Å². The third-order valence-electron chi connectivity index (χ3n) is 4.58. The van der Waals surface area contributed by atoms with E-state index in [0.29, 0.717) is 28.1 Å². The highest BCUT2D eigenvalue weighted by Gasteiger charge is 2.13. The molecule has 0 spiro atoms. The van der Waals surface area contributed by atoms with E-state index < -0.39 is 0 Å². The van der Waals surface area contributed by atoms with Crippen LogP contribution in [0, 0.1) is 13.8 Å². The van der Waals surface area contributed by atoms with Crippen LogP contribution in [0.25, 0.3) is 5.69 Å². The molecule has 0 aliphatic carbocycles. The lowest BCUT2D eigenvalue weighted by atomic mass is 10.0. The van der Waals surface area contributed by atoms with Crippen molar-refractivity contribution >= 4 is 23.7 Å². The SMILES string of the molecule is Cc1ccc(C(C)C)c(OCC(=O)NN=Cc2c(C)nn(-c3ccccc3)c2Cl)c1. The van der Waals surface area contributed by atoms with Gasteiger partial charge in [-0.25, -0.2) is 10.1 Å². The van der Waals surface area contributed by atoms with Crippen LogP contribution >= 0.6 is 11.6 Å². The van der Waals surface area contributed by atoms with Crippen LogP contribution in [0.4, 0.5) is 0 Å². The molecule has 0 atom stereocenters. The zero-order valence-electron chi connectivity index (χ0n) is 17.5. The molecule has 0 fully saturated rings. The largest absolute Gasteiger partial charge is 0.483 e. The van der Waals surface area contributed by atoms with E-state index in [1.807, 2.05) is 62.4 Å². The molecule has 3 rings (SSSR count). The number of carbonyl (C=O) groups excluding carboxylic acids is 1. The summed E-state index contributed by atoms with van der Waals surface area (Å²) in [6, 6.07) is 15.6. The van der Waals surface area contributed by atoms with Gasteiger partial charge in [-0.2, -0.15) is 10.2 Å². The fraction of sp³-hybridized carbons (Fsp3) is 0.261. The van der Waals surface area contributed by atoms with Crippen molar-refractivity contribution in [2.75, 3.05) is 6.61 Å². The second kappa shape index (κ2) is 9.59. The minimum atomic E-state index is -0.355. The molecule has 0 aliphatic heterocycles. The first kappa shape index (κ1) is 21.6. The van der Waals surface area contributed by atoms with Gasteiger partial charge in [-0.15, -0.1) is 0 Å². The van der Waals surface area contributed by atoms with Gasteiger partial charge in [0.05, 0.1) is 23.2 Å². The van der Waals surface area contributed by atoms with Crippen molar-refractivity contribution in [3.8, 4) is 11.4 Å². The smallest absolute Gasteiger partial charge is 0.277 e. The van der Waals surface area contributed by atoms with E-state index in [9.17, 15) is 4.79 Å². The molecule has 1 aromatic heterocycles. The maximum Gasteiger partial charge on any atom is 0.277 e. The predicted octanol–water partition coefficient (Wildman–Crippen LogP) is 4.80. The van der Waals surface area contributed by atoms with Crippen molar-refractivity contribution in [1.29, 1.82) is 0 Å². The number of benzene rings is 2. The number of hydrogen-bond donors (Lipinski definition) is 1. The molecule has 3 aromatic rings. The molecule has 156 valence electrons. The van der Waals surface area contributed by atoms with Crippen LogP contribution in [0.5, 0.6) is 5.75 Å². The Hall–Kier alpha value is -3.12. The second-order valence-electron chi connectivity index (χ2n) is 7.32. The number of hydrogen-bond acceptors (Lipinski definition) is 4. The lowest BCUT2D eigenvalue weighted by molar-refractivity contribution is -0.123. The van der Waals surface area contributed by atoms with Gasteiger partial charge in [-0.3, -0.25) is 4.79 Å². The van der Waals surface area contributed by atoms with E-state index in [1.54, 1.807) is 4.68 Å². The number of nitrogens with zero attached hydrogens (tertiary/aromatic N) is 3. The number of amides is 1. The number of aryl methyl sites for hydroxylation is 2. The summed E-state index contributed by atoms with van der Waals surface area (Å²) in [5, 5.41) is 8.89. The molecular formula is C23H25ClN4O2. The predicted molar refractivity (Wildman–Crippen MR) is 120 cm³/mol. The van der Waals surface area contributed by atoms with Crippen molar-refractivity contribution in [1.82, 2.24) is 15.2 Å². The van der Waals surface area contributed by atoms with Crippen molar-refractivity contribution in [2.24, 2.45) is 5.10 Å². The highest BCUT2D eigenvalue weighted by molar-refractivity contribution is 6.32. The van der Waals surface area contributed by atoms with Gasteiger partial charge in [0.1, 0.15) is 10.9 Å². The fourth-order valence-corrected chi connectivity index (χ4v) is 3.31. The Balaban J connectivity index is 1.63. The normalized spacial score (nSPS) is 11.3. The molecule has 30 heavy (non-hydrogen) atoms. The van der Waals surface area contributed by atoms with Gasteiger partial charge in [-0.05, 0) is 49.1 Å². The van der Waals surface area contributed by atoms with Crippen molar-refractivity contribution < 1.29 is 9.53 Å². The Morgan fingerprint density at radius 1 is 1.23 bits per heavy atom. The molecule has 1 amide bonds. The van der Waals surface area contributed by atoms with Gasteiger partial charge < -0.3 is 4.74 Å². The van der Waals surface area contributed by atoms with Crippen LogP contribution in [0.3, 0.4) is 0 Å². The topological polar surface area (TPSA) is 68.5 Å². The number of hydrazone groups is 1. The first-order chi connectivity index (χ1) is 14.4. The first-order valence-electron chi connectivity index (χ1n) is 9.72. The zero-order valence-corrected chi connectivity index (χ0v) is 18.3. The molecule has 6 nitrogen and oxygen atoms in total. The molecular weight excluding hydrogens is 400 g/mol. The molecule has 0 radical (unpaired) electrons. The summed E-state index contributed by atoms with van der Waals surface area (Å²) < 4.78 is 7.36. The molecule has 0 saturated heterocycles. The third kappa shape index (κ3) is 5.07. The van der Waals surface area contributed by atoms with Crippen LogP contribution < -0.4 is 10.2 Å². The van der Waals surface area contributed by atoms with Crippen molar-refractivity contribution in [2.45, 2.75) is 33.6 Å². The lowest BCUT2D eigenvalue weighted by Gasteiger charge is -2.14. The van der Waals surface area contributed by atoms with Crippen LogP contribution in [-0.2, 0) is 4.79 Å². The Morgan fingerprint density at radius 2 is 1.97 bits per heavy atom. The highest BCUT2D eigenvalue weighted by Crippen LogP contribution is 2.27. The summed E-state index contributed by atoms with van der Waals surface area (Å²) >= 11 is 6.45. The minimum absolute atomic E-state index is 0.128. The summed E-state index contributed by atoms with van der Waals surface area (Å²) in [6.45, 7) is 7.87. The molecule has 1 N–H and O–H groups in total. The van der Waals surface area contributed by atoms with E-state index >= 15 is 0 Å². The number of aromatic nitrogens is 2. The number of para-hydroxylation sites is 1. The summed E-state index contributed by atoms with van der Waals surface area (Å²) in [5.74, 6) is 0.659. The maximum atomic E-state index is 12.2. The van der Waals surface area contributed by atoms with E-state index in [2.05, 4.69) is 29.5 Å². The average Bonchev–Trinajstić information content (AvgIpc) is 3.01. The van der Waals surface area contributed by atoms with Crippen LogP contribution in [0.15, 0.2) is 53.6 Å². The monoisotopic (exact) mass is 424 g/mol. The third-order valence-corrected chi connectivity index (χ3v) is 4.95. The number of rotatable bonds is 7. The summed E-state index contributed by atoms with van der Waals surface area (Å²) in [7, 11) is 0. The maximum absolute atomic E-state index is 12.2. The number of halogens is 1. The zero-order chi connectivity index (χ0) is 21.7. The van der Waals surface area contributed by atoms with Gasteiger partial charge in [0, 0.05) is 0 Å². The van der Waals surface area contributed by atoms with E-state index in [1.165, 1.54) is 6.21 Å². The first-order valence-corrected chi connectivity index (χ1v) is 10.1. The quantitative estimate of drug-likeness (QED) is 0.437. The Labute approximate surface area is 181 Å². The average molecular weight is 425 g/mol. The summed E-state index contributed by atoms with van der Waals surface area (Å²) in [4.78, 5) is 12.2. The van der Waals surface area contributed by atoms with Crippen LogP contribution in [0.2, 0.25) is 5.15 Å². The van der Waals surface area contributed by atoms with Crippen molar-refractivity contribution in [3.63, 3.8) is 0 Å². The number of nitrogens with one attached hydrogen (secondary N) is 1. The fourth-order valence-electron chi connectivity index (χ4n) is 2.99. The van der Waals surface area contributed by atoms with E-state index in [4.69, 9.17) is 16.3 Å². The molecule has 0 aliphatic rings. The lowest BCUT2D eigenvalue weighted by Crippen LogP contribution is -2.25. The van der Waals surface area contributed by atoms with Gasteiger partial charge in [0.2, 0.25) is 0 Å². The summed E-state index contributed by atoms with van der Waals surface area (Å²) in [6.07, 6.45) is 1.49. The molecule has 0 unspecified atom stereocenters. The van der Waals surface area contributed by atoms with Crippen molar-refractivity contribution in [3.05, 3.63) is 76.1 Å². The molecule has 1 heterocycles. The van der Waals surface area contributed by atoms with Crippen LogP contribution in [-0.4, -0.2) is 28.5 Å². The molecule has 0 saturated carbocycles. The Morgan fingerprint density at radius 3 is 2.67 bits per heavy atom. The van der Waals surface area contributed by atoms with E-state index in [0.717, 1.165) is 16.8 Å². The Bertz CT molecular complexity index is 1060. The highest BCUT2D eigenvalue weighted by atomic mass is 35.5. The molecule has 7 heteroatoms. The molecule has 0 bridgehead atoms. The van der Waals surface area contributed by atoms with Gasteiger partial charge >= 0.3 is 0 Å². The standard InChI is InChI=1S/C23H25ClN4O2/c1-15(2)19-11-10-16(3)12-21(19)30-14-22(29)26-25-13-20-17(4)27-28(23(20)24)18-8-6-5-7-9-18/h5-13,15H,14H2,1-4H3,(H,26,29). The van der Waals surface area contributed by atoms with Gasteiger partial charge in [0.15, 0.2) is 6.61 Å². The number of carbonyl (C=O) groups is 1. The Kier molecular flexibility index (Phi) is 6.90. The van der Waals surface area contributed by atoms with Crippen LogP contribution in [0.1, 0.15) is 42.1 Å². The number of ether oxygens (including phenoxy) is 1.